The first-order valence-electron chi connectivity index (χ1n) is 11.4. The van der Waals surface area contributed by atoms with Crippen LogP contribution in [0, 0.1) is 23.2 Å². The predicted octanol–water partition coefficient (Wildman–Crippen LogP) is 3.62. The molecule has 3 N–H and O–H groups in total. The van der Waals surface area contributed by atoms with Crippen LogP contribution in [0.25, 0.3) is 0 Å². The van der Waals surface area contributed by atoms with E-state index in [9.17, 15) is 8.78 Å². The summed E-state index contributed by atoms with van der Waals surface area (Å²) in [7, 11) is 1.79. The zero-order valence-electron chi connectivity index (χ0n) is 18.9. The molecule has 176 valence electrons. The number of halogens is 2. The number of ether oxygens (including phenoxy) is 2. The molecule has 1 aromatic rings. The van der Waals surface area contributed by atoms with Crippen LogP contribution in [0.5, 0.6) is 5.75 Å². The van der Waals surface area contributed by atoms with Gasteiger partial charge in [0.15, 0.2) is 11.6 Å². The molecule has 7 nitrogen and oxygen atoms in total. The number of aromatic nitrogens is 1. The van der Waals surface area contributed by atoms with Crippen molar-refractivity contribution in [3.8, 4) is 5.75 Å². The molecule has 0 aromatic carbocycles. The third kappa shape index (κ3) is 4.93. The second-order valence-corrected chi connectivity index (χ2v) is 9.48. The molecular weight excluding hydrogens is 416 g/mol. The number of nitrogen functional groups attached to an aromatic ring is 1. The van der Waals surface area contributed by atoms with E-state index < -0.39 is 6.61 Å². The van der Waals surface area contributed by atoms with E-state index in [0.717, 1.165) is 25.2 Å². The number of hydrogen-bond acceptors (Lipinski definition) is 7. The van der Waals surface area contributed by atoms with Gasteiger partial charge in [0.25, 0.3) is 0 Å². The second kappa shape index (κ2) is 9.39. The summed E-state index contributed by atoms with van der Waals surface area (Å²) >= 11 is 0. The fourth-order valence-corrected chi connectivity index (χ4v) is 5.56. The zero-order chi connectivity index (χ0) is 23.0. The Morgan fingerprint density at radius 3 is 2.66 bits per heavy atom. The molecule has 2 aliphatic carbocycles. The topological polar surface area (TPSA) is 96.8 Å². The summed E-state index contributed by atoms with van der Waals surface area (Å²) in [5, 5.41) is 8.57. The summed E-state index contributed by atoms with van der Waals surface area (Å²) in [6, 6.07) is 2.13. The Kier molecular flexibility index (Phi) is 6.76. The van der Waals surface area contributed by atoms with Gasteiger partial charge in [0.1, 0.15) is 0 Å². The molecule has 2 saturated carbocycles. The van der Waals surface area contributed by atoms with E-state index in [1.807, 2.05) is 13.8 Å². The number of likely N-dealkylation sites (tertiary alicyclic amines) is 1. The second-order valence-electron chi connectivity index (χ2n) is 9.48. The van der Waals surface area contributed by atoms with Crippen molar-refractivity contribution >= 4 is 17.2 Å². The van der Waals surface area contributed by atoms with Gasteiger partial charge in [-0.1, -0.05) is 0 Å². The van der Waals surface area contributed by atoms with Gasteiger partial charge < -0.3 is 20.6 Å². The first kappa shape index (κ1) is 23.0. The van der Waals surface area contributed by atoms with E-state index >= 15 is 0 Å². The van der Waals surface area contributed by atoms with Crippen LogP contribution in [0.1, 0.15) is 45.1 Å². The van der Waals surface area contributed by atoms with Crippen molar-refractivity contribution in [2.75, 3.05) is 25.9 Å². The van der Waals surface area contributed by atoms with Gasteiger partial charge in [-0.05, 0) is 51.0 Å². The van der Waals surface area contributed by atoms with Gasteiger partial charge in [-0.2, -0.15) is 8.78 Å². The molecule has 3 atom stereocenters. The molecule has 4 rings (SSSR count). The van der Waals surface area contributed by atoms with Crippen LogP contribution >= 0.6 is 0 Å². The summed E-state index contributed by atoms with van der Waals surface area (Å²) in [4.78, 5) is 11.4. The molecule has 9 heteroatoms. The first-order chi connectivity index (χ1) is 15.3. The highest BCUT2D eigenvalue weighted by Gasteiger charge is 2.59. The van der Waals surface area contributed by atoms with E-state index in [4.69, 9.17) is 20.9 Å². The number of nitrogens with zero attached hydrogens (tertiary/aromatic N) is 3. The molecule has 2 heterocycles. The number of alkyl halides is 2. The van der Waals surface area contributed by atoms with Crippen molar-refractivity contribution < 1.29 is 18.3 Å². The third-order valence-corrected chi connectivity index (χ3v) is 7.06. The molecule has 32 heavy (non-hydrogen) atoms. The van der Waals surface area contributed by atoms with Crippen LogP contribution in [0.4, 0.5) is 14.6 Å². The van der Waals surface area contributed by atoms with Gasteiger partial charge in [0.2, 0.25) is 0 Å². The largest absolute Gasteiger partial charge is 0.431 e. The SMILES string of the molecule is COC1CCN(C2CC3C(C2)C3C(CC(=N)c2cnc(N)c(OC(F)F)c2)=NC(C)C)C1. The fourth-order valence-electron chi connectivity index (χ4n) is 5.56. The van der Waals surface area contributed by atoms with E-state index in [1.165, 1.54) is 25.1 Å². The number of hydrogen-bond donors (Lipinski definition) is 2. The molecule has 3 fully saturated rings. The van der Waals surface area contributed by atoms with Crippen molar-refractivity contribution in [2.24, 2.45) is 22.7 Å². The maximum atomic E-state index is 12.6. The summed E-state index contributed by atoms with van der Waals surface area (Å²) in [6.45, 7) is 3.22. The number of nitrogens with one attached hydrogen (secondary N) is 1. The fraction of sp³-hybridized carbons (Fsp3) is 0.696. The lowest BCUT2D eigenvalue weighted by Crippen LogP contribution is -2.34. The smallest absolute Gasteiger partial charge is 0.387 e. The predicted molar refractivity (Wildman–Crippen MR) is 120 cm³/mol. The quantitative estimate of drug-likeness (QED) is 0.562. The number of pyridine rings is 1. The number of anilines is 1. The molecule has 1 aliphatic heterocycles. The number of fused-ring (bicyclic) bond motifs is 1. The maximum Gasteiger partial charge on any atom is 0.387 e. The number of aliphatic imine (C=N–C) groups is 1. The monoisotopic (exact) mass is 449 g/mol. The number of nitrogens with two attached hydrogens (primary N) is 1. The lowest BCUT2D eigenvalue weighted by Gasteiger charge is -2.26. The van der Waals surface area contributed by atoms with E-state index in [1.54, 1.807) is 7.11 Å². The maximum absolute atomic E-state index is 12.6. The molecule has 0 bridgehead atoms. The molecule has 1 saturated heterocycles. The molecule has 3 aliphatic rings. The molecule has 0 spiro atoms. The van der Waals surface area contributed by atoms with Crippen LogP contribution in [-0.4, -0.2) is 66.3 Å². The molecule has 1 aromatic heterocycles. The summed E-state index contributed by atoms with van der Waals surface area (Å²) in [5.74, 6) is 1.34. The summed E-state index contributed by atoms with van der Waals surface area (Å²) < 4.78 is 35.2. The molecule has 3 unspecified atom stereocenters. The summed E-state index contributed by atoms with van der Waals surface area (Å²) in [5.41, 5.74) is 7.40. The normalized spacial score (nSPS) is 30.2. The average Bonchev–Trinajstić information content (AvgIpc) is 3.09. The van der Waals surface area contributed by atoms with Crippen molar-refractivity contribution in [3.63, 3.8) is 0 Å². The van der Waals surface area contributed by atoms with Crippen molar-refractivity contribution in [3.05, 3.63) is 17.8 Å². The zero-order valence-corrected chi connectivity index (χ0v) is 18.9. The van der Waals surface area contributed by atoms with Crippen molar-refractivity contribution in [2.45, 2.75) is 64.3 Å². The number of methoxy groups -OCH3 is 1. The lowest BCUT2D eigenvalue weighted by atomic mass is 9.97. The Morgan fingerprint density at radius 2 is 2.06 bits per heavy atom. The van der Waals surface area contributed by atoms with E-state index in [0.29, 0.717) is 47.6 Å². The van der Waals surface area contributed by atoms with E-state index in [-0.39, 0.29) is 17.6 Å². The van der Waals surface area contributed by atoms with Crippen LogP contribution in [0.15, 0.2) is 17.3 Å². The van der Waals surface area contributed by atoms with E-state index in [2.05, 4.69) is 14.6 Å². The molecule has 0 radical (unpaired) electrons. The Balaban J connectivity index is 1.40. The minimum absolute atomic E-state index is 0.113. The van der Waals surface area contributed by atoms with Crippen LogP contribution in [0.3, 0.4) is 0 Å². The van der Waals surface area contributed by atoms with Gasteiger partial charge in [-0.15, -0.1) is 0 Å². The lowest BCUT2D eigenvalue weighted by molar-refractivity contribution is -0.0495. The van der Waals surface area contributed by atoms with Gasteiger partial charge in [0.05, 0.1) is 6.10 Å². The highest BCUT2D eigenvalue weighted by molar-refractivity contribution is 6.12. The standard InChI is InChI=1S/C23H33F2N5O2/c1-12(2)29-19(9-18(26)13-6-20(32-23(24)25)22(27)28-10-13)21-16-7-14(8-17(16)21)30-5-4-15(11-30)31-3/h6,10,12,14-17,21,23,26H,4-5,7-9,11H2,1-3H3,(H2,27,28). The number of rotatable bonds is 9. The minimum atomic E-state index is -2.99. The average molecular weight is 450 g/mol. The first-order valence-corrected chi connectivity index (χ1v) is 11.4. The third-order valence-electron chi connectivity index (χ3n) is 7.06. The minimum Gasteiger partial charge on any atom is -0.431 e. The summed E-state index contributed by atoms with van der Waals surface area (Å²) in [6.07, 6.45) is 5.63. The van der Waals surface area contributed by atoms with Crippen LogP contribution in [0.2, 0.25) is 0 Å². The van der Waals surface area contributed by atoms with Crippen molar-refractivity contribution in [1.82, 2.24) is 9.88 Å². The highest BCUT2D eigenvalue weighted by Crippen LogP contribution is 2.59. The Bertz CT molecular complexity index is 866. The van der Waals surface area contributed by atoms with Crippen molar-refractivity contribution in [1.29, 1.82) is 5.41 Å². The molecule has 0 amide bonds. The van der Waals surface area contributed by atoms with Crippen LogP contribution in [-0.2, 0) is 4.74 Å². The van der Waals surface area contributed by atoms with Crippen LogP contribution < -0.4 is 10.5 Å². The Hall–Kier alpha value is -2.13. The Labute approximate surface area is 187 Å². The molecular formula is C23H33F2N5O2. The van der Waals surface area contributed by atoms with Gasteiger partial charge in [0, 0.05) is 67.8 Å². The van der Waals surface area contributed by atoms with Gasteiger partial charge >= 0.3 is 6.61 Å². The van der Waals surface area contributed by atoms with Gasteiger partial charge in [-0.25, -0.2) is 4.98 Å². The van der Waals surface area contributed by atoms with Gasteiger partial charge in [-0.3, -0.25) is 9.89 Å². The Morgan fingerprint density at radius 1 is 1.34 bits per heavy atom. The highest BCUT2D eigenvalue weighted by atomic mass is 19.3.